The van der Waals surface area contributed by atoms with E-state index in [-0.39, 0.29) is 29.5 Å². The zero-order chi connectivity index (χ0) is 21.1. The van der Waals surface area contributed by atoms with Crippen LogP contribution in [0.25, 0.3) is 22.3 Å². The van der Waals surface area contributed by atoms with Crippen LogP contribution in [0.1, 0.15) is 12.8 Å². The van der Waals surface area contributed by atoms with E-state index < -0.39 is 0 Å². The van der Waals surface area contributed by atoms with Crippen LogP contribution in [0, 0.1) is 0 Å². The smallest absolute Gasteiger partial charge is 0.260 e. The van der Waals surface area contributed by atoms with E-state index in [0.717, 1.165) is 25.9 Å². The number of hydrogen-bond acceptors (Lipinski definition) is 6. The van der Waals surface area contributed by atoms with Crippen molar-refractivity contribution in [2.45, 2.75) is 12.8 Å². The number of amides is 1. The molecular formula is C23H23NO6. The molecule has 2 heterocycles. The van der Waals surface area contributed by atoms with E-state index in [2.05, 4.69) is 0 Å². The molecule has 0 atom stereocenters. The first kappa shape index (κ1) is 19.8. The third-order valence-corrected chi connectivity index (χ3v) is 5.20. The number of methoxy groups -OCH3 is 2. The van der Waals surface area contributed by atoms with Crippen molar-refractivity contribution in [3.8, 4) is 28.6 Å². The molecule has 3 aromatic rings. The second-order valence-electron chi connectivity index (χ2n) is 7.03. The number of nitrogens with zero attached hydrogens (tertiary/aromatic N) is 1. The number of ether oxygens (including phenoxy) is 3. The molecule has 156 valence electrons. The van der Waals surface area contributed by atoms with Gasteiger partial charge < -0.3 is 23.5 Å². The monoisotopic (exact) mass is 409 g/mol. The van der Waals surface area contributed by atoms with Gasteiger partial charge in [0.2, 0.25) is 11.2 Å². The Morgan fingerprint density at radius 3 is 2.50 bits per heavy atom. The van der Waals surface area contributed by atoms with Crippen LogP contribution in [0.5, 0.6) is 17.2 Å². The summed E-state index contributed by atoms with van der Waals surface area (Å²) in [7, 11) is 3.08. The first-order chi connectivity index (χ1) is 14.6. The van der Waals surface area contributed by atoms with Crippen LogP contribution < -0.4 is 19.6 Å². The van der Waals surface area contributed by atoms with Gasteiger partial charge in [-0.25, -0.2) is 0 Å². The molecule has 0 unspecified atom stereocenters. The van der Waals surface area contributed by atoms with Gasteiger partial charge in [-0.15, -0.1) is 0 Å². The van der Waals surface area contributed by atoms with Crippen molar-refractivity contribution in [2.24, 2.45) is 0 Å². The van der Waals surface area contributed by atoms with Crippen molar-refractivity contribution in [2.75, 3.05) is 33.9 Å². The van der Waals surface area contributed by atoms with Crippen molar-refractivity contribution in [3.63, 3.8) is 0 Å². The minimum Gasteiger partial charge on any atom is -0.493 e. The van der Waals surface area contributed by atoms with E-state index in [4.69, 9.17) is 18.6 Å². The molecular weight excluding hydrogens is 386 g/mol. The van der Waals surface area contributed by atoms with E-state index in [9.17, 15) is 9.59 Å². The number of hydrogen-bond donors (Lipinski definition) is 0. The minimum absolute atomic E-state index is 0.00784. The summed E-state index contributed by atoms with van der Waals surface area (Å²) in [6.45, 7) is 1.22. The van der Waals surface area contributed by atoms with E-state index >= 15 is 0 Å². The van der Waals surface area contributed by atoms with Gasteiger partial charge in [-0.3, -0.25) is 9.59 Å². The first-order valence-corrected chi connectivity index (χ1v) is 9.81. The minimum atomic E-state index is -0.323. The molecule has 0 aliphatic carbocycles. The highest BCUT2D eigenvalue weighted by Gasteiger charge is 2.23. The highest BCUT2D eigenvalue weighted by atomic mass is 16.5. The van der Waals surface area contributed by atoms with Gasteiger partial charge in [0.05, 0.1) is 19.6 Å². The average Bonchev–Trinajstić information content (AvgIpc) is 3.33. The first-order valence-electron chi connectivity index (χ1n) is 9.81. The molecule has 0 bridgehead atoms. The highest BCUT2D eigenvalue weighted by Crippen LogP contribution is 2.36. The predicted octanol–water partition coefficient (Wildman–Crippen LogP) is 3.48. The van der Waals surface area contributed by atoms with E-state index in [1.165, 1.54) is 7.11 Å². The topological polar surface area (TPSA) is 78.2 Å². The molecule has 7 nitrogen and oxygen atoms in total. The molecule has 0 N–H and O–H groups in total. The molecule has 0 radical (unpaired) electrons. The van der Waals surface area contributed by atoms with E-state index in [1.54, 1.807) is 54.5 Å². The third-order valence-electron chi connectivity index (χ3n) is 5.20. The molecule has 0 saturated carbocycles. The van der Waals surface area contributed by atoms with E-state index in [0.29, 0.717) is 28.0 Å². The lowest BCUT2D eigenvalue weighted by Crippen LogP contribution is -2.32. The molecule has 2 aromatic carbocycles. The van der Waals surface area contributed by atoms with Gasteiger partial charge in [0, 0.05) is 18.7 Å². The third kappa shape index (κ3) is 3.70. The average molecular weight is 409 g/mol. The summed E-state index contributed by atoms with van der Waals surface area (Å²) < 4.78 is 22.5. The van der Waals surface area contributed by atoms with Crippen molar-refractivity contribution in [3.05, 3.63) is 52.7 Å². The lowest BCUT2D eigenvalue weighted by atomic mass is 10.1. The fraction of sp³-hybridized carbons (Fsp3) is 0.304. The maximum absolute atomic E-state index is 13.2. The number of fused-ring (bicyclic) bond motifs is 1. The Kier molecular flexibility index (Phi) is 5.61. The number of rotatable bonds is 6. The van der Waals surface area contributed by atoms with Crippen LogP contribution in [0.15, 0.2) is 51.7 Å². The van der Waals surface area contributed by atoms with Crippen molar-refractivity contribution in [1.29, 1.82) is 0 Å². The summed E-state index contributed by atoms with van der Waals surface area (Å²) in [5.41, 5.74) is 0.695. The number of carbonyl (C=O) groups excluding carboxylic acids is 1. The zero-order valence-electron chi connectivity index (χ0n) is 17.0. The van der Waals surface area contributed by atoms with Crippen molar-refractivity contribution < 1.29 is 23.4 Å². The molecule has 1 fully saturated rings. The Hall–Kier alpha value is -3.48. The number of para-hydroxylation sites is 1. The van der Waals surface area contributed by atoms with Crippen LogP contribution in [0.3, 0.4) is 0 Å². The predicted molar refractivity (Wildman–Crippen MR) is 112 cm³/mol. The van der Waals surface area contributed by atoms with Gasteiger partial charge in [-0.2, -0.15) is 0 Å². The maximum atomic E-state index is 13.2. The number of likely N-dealkylation sites (tertiary alicyclic amines) is 1. The highest BCUT2D eigenvalue weighted by molar-refractivity contribution is 5.83. The molecule has 1 aliphatic heterocycles. The summed E-state index contributed by atoms with van der Waals surface area (Å²) in [5.74, 6) is 1.15. The second-order valence-corrected chi connectivity index (χ2v) is 7.03. The van der Waals surface area contributed by atoms with Gasteiger partial charge in [-0.1, -0.05) is 12.1 Å². The standard InChI is InChI=1S/C23H23NO6/c1-27-18-10-9-15(13-19(18)28-2)22-23(29-14-20(25)24-11-5-6-12-24)21(26)16-7-3-4-8-17(16)30-22/h3-4,7-10,13H,5-6,11-12,14H2,1-2H3. The van der Waals surface area contributed by atoms with Crippen LogP contribution in [-0.4, -0.2) is 44.7 Å². The largest absolute Gasteiger partial charge is 0.493 e. The van der Waals surface area contributed by atoms with Gasteiger partial charge in [0.1, 0.15) is 5.58 Å². The summed E-state index contributed by atoms with van der Waals surface area (Å²) in [4.78, 5) is 27.4. The summed E-state index contributed by atoms with van der Waals surface area (Å²) in [6, 6.07) is 12.1. The Morgan fingerprint density at radius 2 is 1.77 bits per heavy atom. The van der Waals surface area contributed by atoms with Crippen molar-refractivity contribution in [1.82, 2.24) is 4.90 Å². The van der Waals surface area contributed by atoms with Gasteiger partial charge in [0.15, 0.2) is 23.9 Å². The Morgan fingerprint density at radius 1 is 1.03 bits per heavy atom. The lowest BCUT2D eigenvalue weighted by molar-refractivity contribution is -0.132. The molecule has 1 aromatic heterocycles. The molecule has 30 heavy (non-hydrogen) atoms. The summed E-state index contributed by atoms with van der Waals surface area (Å²) in [5, 5.41) is 0.394. The maximum Gasteiger partial charge on any atom is 0.260 e. The molecule has 0 spiro atoms. The van der Waals surface area contributed by atoms with Gasteiger partial charge >= 0.3 is 0 Å². The molecule has 4 rings (SSSR count). The van der Waals surface area contributed by atoms with Crippen molar-refractivity contribution >= 4 is 16.9 Å². The Labute approximate surface area is 173 Å². The fourth-order valence-electron chi connectivity index (χ4n) is 3.62. The SMILES string of the molecule is COc1ccc(-c2oc3ccccc3c(=O)c2OCC(=O)N2CCCC2)cc1OC. The lowest BCUT2D eigenvalue weighted by Gasteiger charge is -2.17. The fourth-order valence-corrected chi connectivity index (χ4v) is 3.62. The summed E-state index contributed by atoms with van der Waals surface area (Å²) in [6.07, 6.45) is 1.97. The Balaban J connectivity index is 1.78. The second kappa shape index (κ2) is 8.49. The van der Waals surface area contributed by atoms with Crippen LogP contribution in [0.4, 0.5) is 0 Å². The van der Waals surface area contributed by atoms with Crippen LogP contribution in [0.2, 0.25) is 0 Å². The number of carbonyl (C=O) groups is 1. The molecule has 1 saturated heterocycles. The van der Waals surface area contributed by atoms with Crippen LogP contribution >= 0.6 is 0 Å². The molecule has 1 amide bonds. The quantitative estimate of drug-likeness (QED) is 0.620. The molecule has 1 aliphatic rings. The number of benzene rings is 2. The van der Waals surface area contributed by atoms with Crippen LogP contribution in [-0.2, 0) is 4.79 Å². The van der Waals surface area contributed by atoms with Gasteiger partial charge in [0.25, 0.3) is 5.91 Å². The summed E-state index contributed by atoms with van der Waals surface area (Å²) >= 11 is 0. The normalized spacial score (nSPS) is 13.5. The van der Waals surface area contributed by atoms with E-state index in [1.807, 2.05) is 0 Å². The Bertz CT molecular complexity index is 1130. The van der Waals surface area contributed by atoms with Gasteiger partial charge in [-0.05, 0) is 43.2 Å². The molecule has 7 heteroatoms. The zero-order valence-corrected chi connectivity index (χ0v) is 17.0.